The molecule has 12 heteroatoms. The van der Waals surface area contributed by atoms with Gasteiger partial charge in [-0.1, -0.05) is 39.0 Å². The van der Waals surface area contributed by atoms with Crippen molar-refractivity contribution in [1.82, 2.24) is 24.6 Å². The van der Waals surface area contributed by atoms with E-state index in [0.717, 1.165) is 42.4 Å². The number of carbonyl (C=O) groups excluding carboxylic acids is 1. The summed E-state index contributed by atoms with van der Waals surface area (Å²) < 4.78 is 37.4. The van der Waals surface area contributed by atoms with Crippen LogP contribution in [0.2, 0.25) is 0 Å². The van der Waals surface area contributed by atoms with Gasteiger partial charge >= 0.3 is 0 Å². The molecule has 46 heavy (non-hydrogen) atoms. The first-order valence-corrected chi connectivity index (χ1v) is 17.5. The average Bonchev–Trinajstić information content (AvgIpc) is 3.27. The Morgan fingerprint density at radius 2 is 1.70 bits per heavy atom. The first-order valence-electron chi connectivity index (χ1n) is 16.0. The van der Waals surface area contributed by atoms with Gasteiger partial charge in [-0.15, -0.1) is 0 Å². The Bertz CT molecular complexity index is 1750. The predicted octanol–water partition coefficient (Wildman–Crippen LogP) is 5.26. The highest BCUT2D eigenvalue weighted by molar-refractivity contribution is 7.92. The van der Waals surface area contributed by atoms with Crippen LogP contribution in [-0.4, -0.2) is 68.4 Å². The summed E-state index contributed by atoms with van der Waals surface area (Å²) in [5.41, 5.74) is 2.78. The molecule has 3 heterocycles. The van der Waals surface area contributed by atoms with E-state index in [4.69, 9.17) is 4.74 Å². The number of nitrogens with zero attached hydrogens (tertiary/aromatic N) is 5. The Balaban J connectivity index is 1.43. The average molecular weight is 651 g/mol. The summed E-state index contributed by atoms with van der Waals surface area (Å²) in [5.74, 6) is 0.0439. The van der Waals surface area contributed by atoms with E-state index in [9.17, 15) is 18.3 Å². The molecule has 3 aliphatic rings. The lowest BCUT2D eigenvalue weighted by Gasteiger charge is -2.62. The van der Waals surface area contributed by atoms with Crippen molar-refractivity contribution in [3.05, 3.63) is 47.2 Å². The van der Waals surface area contributed by atoms with Gasteiger partial charge in [0.05, 0.1) is 17.3 Å². The molecule has 2 N–H and O–H groups in total. The summed E-state index contributed by atoms with van der Waals surface area (Å²) in [6.07, 6.45) is 4.16. The number of nitrogens with one attached hydrogen (secondary N) is 1. The number of benzene rings is 1. The van der Waals surface area contributed by atoms with Crippen molar-refractivity contribution in [3.63, 3.8) is 0 Å². The smallest absolute Gasteiger partial charge is 0.283 e. The minimum absolute atomic E-state index is 0.0597. The Hall–Kier alpha value is -3.51. The third-order valence-electron chi connectivity index (χ3n) is 10.0. The molecule has 6 rings (SSSR count). The van der Waals surface area contributed by atoms with Crippen LogP contribution < -0.4 is 9.46 Å². The topological polar surface area (TPSA) is 140 Å². The van der Waals surface area contributed by atoms with Gasteiger partial charge in [-0.2, -0.15) is 18.5 Å². The molecular weight excluding hydrogens is 604 g/mol. The third kappa shape index (κ3) is 6.13. The van der Waals surface area contributed by atoms with E-state index in [1.807, 2.05) is 50.8 Å². The second-order valence-corrected chi connectivity index (χ2v) is 17.2. The van der Waals surface area contributed by atoms with E-state index >= 15 is 0 Å². The maximum atomic E-state index is 14.5. The molecule has 1 spiro atoms. The molecule has 11 nitrogen and oxygen atoms in total. The molecule has 0 radical (unpaired) electrons. The molecule has 0 saturated heterocycles. The molecule has 3 aromatic rings. The highest BCUT2D eigenvalue weighted by atomic mass is 32.2. The second-order valence-electron chi connectivity index (χ2n) is 15.5. The Morgan fingerprint density at radius 3 is 2.30 bits per heavy atom. The van der Waals surface area contributed by atoms with Crippen molar-refractivity contribution in [2.24, 2.45) is 23.8 Å². The van der Waals surface area contributed by atoms with Crippen LogP contribution in [0, 0.1) is 30.6 Å². The maximum absolute atomic E-state index is 14.5. The predicted molar refractivity (Wildman–Crippen MR) is 175 cm³/mol. The fourth-order valence-electron chi connectivity index (χ4n) is 7.68. The SMILES string of the molecule is Cc1cccc(C)c1-c1cc2nc(n1)NS(=O)(=O)c1cc(n(C)n1)C(=O)N(C1CC3(C1)CC(C(C)(C)O)C3)[C@H](CC(C)(C)C)CO2. The normalized spacial score (nSPS) is 26.2. The minimum Gasteiger partial charge on any atom is -0.475 e. The van der Waals surface area contributed by atoms with E-state index in [1.54, 1.807) is 13.1 Å². The molecule has 1 atom stereocenters. The molecule has 2 aromatic heterocycles. The maximum Gasteiger partial charge on any atom is 0.283 e. The molecule has 1 aliphatic heterocycles. The summed E-state index contributed by atoms with van der Waals surface area (Å²) in [6, 6.07) is 8.60. The molecule has 4 bridgehead atoms. The number of rotatable bonds is 4. The van der Waals surface area contributed by atoms with Crippen LogP contribution in [0.3, 0.4) is 0 Å². The molecule has 1 aromatic carbocycles. The van der Waals surface area contributed by atoms with Crippen LogP contribution in [0.15, 0.2) is 35.4 Å². The lowest BCUT2D eigenvalue weighted by molar-refractivity contribution is -0.147. The number of aryl methyl sites for hydroxylation is 3. The second kappa shape index (κ2) is 11.0. The highest BCUT2D eigenvalue weighted by Crippen LogP contribution is 2.62. The summed E-state index contributed by atoms with van der Waals surface area (Å²) >= 11 is 0. The lowest BCUT2D eigenvalue weighted by Crippen LogP contribution is -2.63. The molecule has 0 unspecified atom stereocenters. The third-order valence-corrected chi connectivity index (χ3v) is 11.2. The number of anilines is 1. The van der Waals surface area contributed by atoms with Crippen molar-refractivity contribution in [2.45, 2.75) is 103 Å². The molecule has 2 aliphatic carbocycles. The number of hydrogen-bond acceptors (Lipinski definition) is 8. The minimum atomic E-state index is -4.24. The van der Waals surface area contributed by atoms with Gasteiger partial charge in [0.1, 0.15) is 12.3 Å². The van der Waals surface area contributed by atoms with E-state index < -0.39 is 15.6 Å². The number of aromatic nitrogens is 4. The van der Waals surface area contributed by atoms with Gasteiger partial charge in [-0.25, -0.2) is 9.71 Å². The number of fused-ring (bicyclic) bond motifs is 4. The Kier molecular flexibility index (Phi) is 7.78. The van der Waals surface area contributed by atoms with Gasteiger partial charge in [0.25, 0.3) is 15.9 Å². The van der Waals surface area contributed by atoms with Crippen LogP contribution in [-0.2, 0) is 17.1 Å². The lowest BCUT2D eigenvalue weighted by atomic mass is 9.47. The molecule has 2 saturated carbocycles. The molecule has 2 fully saturated rings. The Labute approximate surface area is 271 Å². The van der Waals surface area contributed by atoms with Gasteiger partial charge in [-0.05, 0) is 87.7 Å². The van der Waals surface area contributed by atoms with Crippen LogP contribution in [0.25, 0.3) is 11.3 Å². The van der Waals surface area contributed by atoms with Crippen molar-refractivity contribution in [1.29, 1.82) is 0 Å². The van der Waals surface area contributed by atoms with Gasteiger partial charge in [0.15, 0.2) is 5.03 Å². The monoisotopic (exact) mass is 650 g/mol. The van der Waals surface area contributed by atoms with Gasteiger partial charge < -0.3 is 14.7 Å². The number of amides is 1. The zero-order chi connectivity index (χ0) is 33.4. The number of hydrogen-bond donors (Lipinski definition) is 2. The van der Waals surface area contributed by atoms with Crippen LogP contribution >= 0.6 is 0 Å². The van der Waals surface area contributed by atoms with Crippen molar-refractivity contribution in [2.75, 3.05) is 11.3 Å². The molecule has 1 amide bonds. The van der Waals surface area contributed by atoms with Crippen LogP contribution in [0.4, 0.5) is 5.95 Å². The van der Waals surface area contributed by atoms with Crippen molar-refractivity contribution in [3.8, 4) is 17.1 Å². The number of sulfonamides is 1. The van der Waals surface area contributed by atoms with E-state index in [2.05, 4.69) is 40.6 Å². The summed E-state index contributed by atoms with van der Waals surface area (Å²) in [5, 5.41) is 14.5. The van der Waals surface area contributed by atoms with E-state index in [1.165, 1.54) is 10.7 Å². The fraction of sp³-hybridized carbons (Fsp3) is 0.588. The van der Waals surface area contributed by atoms with Gasteiger partial charge in [-0.3, -0.25) is 9.48 Å². The van der Waals surface area contributed by atoms with Crippen LogP contribution in [0.5, 0.6) is 5.88 Å². The van der Waals surface area contributed by atoms with E-state index in [-0.39, 0.29) is 63.9 Å². The molecule has 248 valence electrons. The first kappa shape index (κ1) is 32.4. The van der Waals surface area contributed by atoms with Crippen LogP contribution in [0.1, 0.15) is 88.3 Å². The van der Waals surface area contributed by atoms with Gasteiger partial charge in [0.2, 0.25) is 11.8 Å². The quantitative estimate of drug-likeness (QED) is 0.390. The summed E-state index contributed by atoms with van der Waals surface area (Å²) in [7, 11) is -2.66. The number of ether oxygens (including phenoxy) is 1. The summed E-state index contributed by atoms with van der Waals surface area (Å²) in [4.78, 5) is 25.5. The Morgan fingerprint density at radius 1 is 1.04 bits per heavy atom. The fourth-order valence-corrected chi connectivity index (χ4v) is 8.61. The number of carbonyl (C=O) groups is 1. The molecular formula is C34H46N6O5S. The van der Waals surface area contributed by atoms with E-state index in [0.29, 0.717) is 12.1 Å². The standard InChI is InChI=1S/C34H46N6O5S/c1-20-10-9-11-21(2)29(20)25-12-27-36-31(35-25)38-46(43,44)28-13-26(39(8)37-28)30(41)40(24(19-45-27)16-32(3,4)5)23-17-34(18-23)14-22(15-34)33(6,7)42/h9-13,22-24,42H,14-19H2,1-8H3,(H,35,36,38)/t22?,23?,24-,34?/m1/s1. The zero-order valence-electron chi connectivity index (χ0n) is 28.1. The van der Waals surface area contributed by atoms with Crippen molar-refractivity contribution >= 4 is 21.9 Å². The van der Waals surface area contributed by atoms with Crippen molar-refractivity contribution < 1.29 is 23.1 Å². The largest absolute Gasteiger partial charge is 0.475 e. The van der Waals surface area contributed by atoms with Gasteiger partial charge in [0, 0.05) is 30.8 Å². The zero-order valence-corrected chi connectivity index (χ0v) is 28.9. The highest BCUT2D eigenvalue weighted by Gasteiger charge is 2.58. The number of aliphatic hydroxyl groups is 1. The first-order chi connectivity index (χ1) is 21.3. The summed E-state index contributed by atoms with van der Waals surface area (Å²) in [6.45, 7) is 14.3.